The number of rotatable bonds is 6. The second kappa shape index (κ2) is 7.61. The van der Waals surface area contributed by atoms with Gasteiger partial charge in [-0.25, -0.2) is 8.42 Å². The van der Waals surface area contributed by atoms with E-state index in [0.29, 0.717) is 12.1 Å². The lowest BCUT2D eigenvalue weighted by atomic mass is 10.1. The number of hydrogen-bond acceptors (Lipinski definition) is 5. The molecule has 26 heavy (non-hydrogen) atoms. The quantitative estimate of drug-likeness (QED) is 0.832. The van der Waals surface area contributed by atoms with Gasteiger partial charge in [0.05, 0.1) is 15.8 Å². The lowest BCUT2D eigenvalue weighted by Crippen LogP contribution is -2.18. The molecule has 2 aromatic rings. The number of sulfone groups is 1. The summed E-state index contributed by atoms with van der Waals surface area (Å²) in [5, 5.41) is 6.37. The average Bonchev–Trinajstić information content (AvgIpc) is 3.25. The molecule has 140 valence electrons. The predicted octanol–water partition coefficient (Wildman–Crippen LogP) is 3.58. The van der Waals surface area contributed by atoms with E-state index in [1.54, 1.807) is 24.3 Å². The molecule has 0 radical (unpaired) electrons. The molecule has 1 N–H and O–H groups in total. The summed E-state index contributed by atoms with van der Waals surface area (Å²) in [5.41, 5.74) is 2.24. The largest absolute Gasteiger partial charge is 0.361 e. The van der Waals surface area contributed by atoms with Crippen molar-refractivity contribution in [3.05, 3.63) is 41.3 Å². The Bertz CT molecular complexity index is 877. The molecule has 1 aromatic heterocycles. The van der Waals surface area contributed by atoms with Crippen LogP contribution in [0.4, 0.5) is 5.69 Å². The Morgan fingerprint density at radius 2 is 2.00 bits per heavy atom. The SMILES string of the molecule is Cc1noc(C)c1CCC(=O)Nc1cccc(S(=O)(=O)C2CCCC2)c1. The van der Waals surface area contributed by atoms with Gasteiger partial charge in [-0.2, -0.15) is 0 Å². The van der Waals surface area contributed by atoms with Crippen molar-refractivity contribution in [1.82, 2.24) is 5.16 Å². The van der Waals surface area contributed by atoms with Gasteiger partial charge in [0.1, 0.15) is 5.76 Å². The summed E-state index contributed by atoms with van der Waals surface area (Å²) >= 11 is 0. The summed E-state index contributed by atoms with van der Waals surface area (Å²) in [7, 11) is -3.33. The first-order valence-electron chi connectivity index (χ1n) is 8.93. The number of carbonyl (C=O) groups excluding carboxylic acids is 1. The number of hydrogen-bond donors (Lipinski definition) is 1. The fourth-order valence-electron chi connectivity index (χ4n) is 3.46. The van der Waals surface area contributed by atoms with E-state index in [0.717, 1.165) is 42.7 Å². The third kappa shape index (κ3) is 3.98. The minimum absolute atomic E-state index is 0.166. The van der Waals surface area contributed by atoms with E-state index < -0.39 is 9.84 Å². The molecule has 6 nitrogen and oxygen atoms in total. The van der Waals surface area contributed by atoms with Gasteiger partial charge in [-0.05, 0) is 51.3 Å². The van der Waals surface area contributed by atoms with Crippen LogP contribution in [-0.4, -0.2) is 24.7 Å². The number of anilines is 1. The number of carbonyl (C=O) groups is 1. The van der Waals surface area contributed by atoms with Crippen LogP contribution in [0.5, 0.6) is 0 Å². The van der Waals surface area contributed by atoms with Crippen molar-refractivity contribution in [2.75, 3.05) is 5.32 Å². The van der Waals surface area contributed by atoms with E-state index in [1.165, 1.54) is 0 Å². The van der Waals surface area contributed by atoms with Crippen molar-refractivity contribution in [2.24, 2.45) is 0 Å². The molecule has 1 aliphatic carbocycles. The molecule has 0 aliphatic heterocycles. The highest BCUT2D eigenvalue weighted by molar-refractivity contribution is 7.92. The average molecular weight is 376 g/mol. The van der Waals surface area contributed by atoms with Crippen molar-refractivity contribution >= 4 is 21.4 Å². The smallest absolute Gasteiger partial charge is 0.224 e. The van der Waals surface area contributed by atoms with Gasteiger partial charge in [-0.1, -0.05) is 24.1 Å². The molecule has 0 atom stereocenters. The van der Waals surface area contributed by atoms with Gasteiger partial charge < -0.3 is 9.84 Å². The van der Waals surface area contributed by atoms with Gasteiger partial charge >= 0.3 is 0 Å². The van der Waals surface area contributed by atoms with Gasteiger partial charge in [0.15, 0.2) is 9.84 Å². The van der Waals surface area contributed by atoms with Crippen LogP contribution in [0.1, 0.15) is 49.1 Å². The summed E-state index contributed by atoms with van der Waals surface area (Å²) in [6, 6.07) is 6.54. The number of amides is 1. The normalized spacial score (nSPS) is 15.3. The number of aryl methyl sites for hydroxylation is 2. The Hall–Kier alpha value is -2.15. The van der Waals surface area contributed by atoms with E-state index >= 15 is 0 Å². The van der Waals surface area contributed by atoms with Crippen LogP contribution in [-0.2, 0) is 21.1 Å². The van der Waals surface area contributed by atoms with E-state index in [4.69, 9.17) is 4.52 Å². The summed E-state index contributed by atoms with van der Waals surface area (Å²) in [6.45, 7) is 3.67. The Balaban J connectivity index is 1.66. The molecule has 0 bridgehead atoms. The Morgan fingerprint density at radius 3 is 2.65 bits per heavy atom. The first-order valence-corrected chi connectivity index (χ1v) is 10.5. The number of aromatic nitrogens is 1. The molecule has 1 heterocycles. The second-order valence-electron chi connectivity index (χ2n) is 6.83. The van der Waals surface area contributed by atoms with E-state index in [-0.39, 0.29) is 22.5 Å². The van der Waals surface area contributed by atoms with E-state index in [9.17, 15) is 13.2 Å². The standard InChI is InChI=1S/C19H24N2O4S/c1-13-18(14(2)25-21-13)10-11-19(22)20-15-6-5-9-17(12-15)26(23,24)16-7-3-4-8-16/h5-6,9,12,16H,3-4,7-8,10-11H2,1-2H3,(H,20,22). The summed E-state index contributed by atoms with van der Waals surface area (Å²) in [6.07, 6.45) is 4.17. The summed E-state index contributed by atoms with van der Waals surface area (Å²) < 4.78 is 30.5. The highest BCUT2D eigenvalue weighted by atomic mass is 32.2. The van der Waals surface area contributed by atoms with Crippen LogP contribution in [0.2, 0.25) is 0 Å². The van der Waals surface area contributed by atoms with Crippen molar-refractivity contribution in [2.45, 2.75) is 62.5 Å². The Kier molecular flexibility index (Phi) is 5.46. The predicted molar refractivity (Wildman–Crippen MR) is 98.8 cm³/mol. The number of nitrogens with one attached hydrogen (secondary N) is 1. The maximum absolute atomic E-state index is 12.7. The van der Waals surface area contributed by atoms with Gasteiger partial charge in [-0.15, -0.1) is 0 Å². The molecule has 1 aromatic carbocycles. The fraction of sp³-hybridized carbons (Fsp3) is 0.474. The Labute approximate surface area is 153 Å². The lowest BCUT2D eigenvalue weighted by molar-refractivity contribution is -0.116. The minimum Gasteiger partial charge on any atom is -0.361 e. The summed E-state index contributed by atoms with van der Waals surface area (Å²) in [4.78, 5) is 12.5. The second-order valence-corrected chi connectivity index (χ2v) is 9.06. The molecule has 0 unspecified atom stereocenters. The molecule has 1 aliphatic rings. The van der Waals surface area contributed by atoms with Crippen LogP contribution in [0.25, 0.3) is 0 Å². The molecule has 0 spiro atoms. The molecule has 3 rings (SSSR count). The molecule has 1 fully saturated rings. The van der Waals surface area contributed by atoms with Crippen LogP contribution >= 0.6 is 0 Å². The van der Waals surface area contributed by atoms with Crippen molar-refractivity contribution in [1.29, 1.82) is 0 Å². The molecule has 1 saturated carbocycles. The van der Waals surface area contributed by atoms with E-state index in [2.05, 4.69) is 10.5 Å². The third-order valence-electron chi connectivity index (χ3n) is 4.97. The van der Waals surface area contributed by atoms with Gasteiger partial charge in [0, 0.05) is 17.7 Å². The van der Waals surface area contributed by atoms with Gasteiger partial charge in [0.2, 0.25) is 5.91 Å². The molecule has 1 amide bonds. The first kappa shape index (κ1) is 18.6. The first-order chi connectivity index (χ1) is 12.4. The maximum Gasteiger partial charge on any atom is 0.224 e. The highest BCUT2D eigenvalue weighted by Crippen LogP contribution is 2.30. The molecular formula is C19H24N2O4S. The minimum atomic E-state index is -3.33. The zero-order valence-corrected chi connectivity index (χ0v) is 15.9. The van der Waals surface area contributed by atoms with Crippen LogP contribution < -0.4 is 5.32 Å². The topological polar surface area (TPSA) is 89.3 Å². The van der Waals surface area contributed by atoms with Gasteiger partial charge in [-0.3, -0.25) is 4.79 Å². The Morgan fingerprint density at radius 1 is 1.27 bits per heavy atom. The fourth-order valence-corrected chi connectivity index (χ4v) is 5.36. The van der Waals surface area contributed by atoms with Crippen molar-refractivity contribution in [3.8, 4) is 0 Å². The molecule has 0 saturated heterocycles. The van der Waals surface area contributed by atoms with Crippen LogP contribution in [0, 0.1) is 13.8 Å². The number of nitrogens with zero attached hydrogens (tertiary/aromatic N) is 1. The molecule has 7 heteroatoms. The zero-order valence-electron chi connectivity index (χ0n) is 15.1. The molecular weight excluding hydrogens is 352 g/mol. The van der Waals surface area contributed by atoms with Crippen LogP contribution in [0.3, 0.4) is 0 Å². The summed E-state index contributed by atoms with van der Waals surface area (Å²) in [5.74, 6) is 0.556. The maximum atomic E-state index is 12.7. The van der Waals surface area contributed by atoms with E-state index in [1.807, 2.05) is 13.8 Å². The van der Waals surface area contributed by atoms with Crippen molar-refractivity contribution in [3.63, 3.8) is 0 Å². The van der Waals surface area contributed by atoms with Gasteiger partial charge in [0.25, 0.3) is 0 Å². The zero-order chi connectivity index (χ0) is 18.7. The van der Waals surface area contributed by atoms with Crippen LogP contribution in [0.15, 0.2) is 33.7 Å². The third-order valence-corrected chi connectivity index (χ3v) is 7.23. The van der Waals surface area contributed by atoms with Crippen molar-refractivity contribution < 1.29 is 17.7 Å². The highest BCUT2D eigenvalue weighted by Gasteiger charge is 2.30. The lowest BCUT2D eigenvalue weighted by Gasteiger charge is -2.12. The monoisotopic (exact) mass is 376 g/mol. The number of benzene rings is 1.